The molecule has 3 heterocycles. The van der Waals surface area contributed by atoms with Gasteiger partial charge in [-0.15, -0.1) is 0 Å². The first-order valence-corrected chi connectivity index (χ1v) is 8.94. The molecule has 1 unspecified atom stereocenters. The molecule has 1 aromatic heterocycles. The second-order valence-electron chi connectivity index (χ2n) is 6.98. The first-order valence-electron chi connectivity index (χ1n) is 8.94. The van der Waals surface area contributed by atoms with Crippen LogP contribution in [0.15, 0.2) is 42.5 Å². The highest BCUT2D eigenvalue weighted by atomic mass is 19.1. The van der Waals surface area contributed by atoms with Crippen molar-refractivity contribution in [1.82, 2.24) is 9.88 Å². The van der Waals surface area contributed by atoms with Crippen LogP contribution in [0.25, 0.3) is 0 Å². The molecule has 2 saturated heterocycles. The molecule has 7 heteroatoms. The summed E-state index contributed by atoms with van der Waals surface area (Å²) in [5.41, 5.74) is 1.50. The third-order valence-electron chi connectivity index (χ3n) is 4.92. The maximum absolute atomic E-state index is 13.1. The molecule has 140 valence electrons. The van der Waals surface area contributed by atoms with Crippen LogP contribution in [0.1, 0.15) is 12.1 Å². The van der Waals surface area contributed by atoms with E-state index in [1.54, 1.807) is 28.0 Å². The Labute approximate surface area is 156 Å². The third-order valence-corrected chi connectivity index (χ3v) is 4.92. The number of ether oxygens (including phenoxy) is 1. The SMILES string of the molecule is Cc1cccc(OC2CN(C(=O)C3CC(=O)N(c4ccc(F)cc4)C3)C2)n1. The monoisotopic (exact) mass is 369 g/mol. The van der Waals surface area contributed by atoms with Crippen LogP contribution in [-0.2, 0) is 9.59 Å². The number of amides is 2. The maximum Gasteiger partial charge on any atom is 0.228 e. The fourth-order valence-corrected chi connectivity index (χ4v) is 3.45. The number of benzene rings is 1. The number of aromatic nitrogens is 1. The lowest BCUT2D eigenvalue weighted by molar-refractivity contribution is -0.144. The molecular formula is C20H20FN3O3. The number of hydrogen-bond donors (Lipinski definition) is 0. The van der Waals surface area contributed by atoms with E-state index in [0.717, 1.165) is 5.69 Å². The zero-order valence-electron chi connectivity index (χ0n) is 15.0. The van der Waals surface area contributed by atoms with Crippen LogP contribution >= 0.6 is 0 Å². The molecule has 2 aromatic rings. The van der Waals surface area contributed by atoms with Crippen molar-refractivity contribution >= 4 is 17.5 Å². The smallest absolute Gasteiger partial charge is 0.228 e. The molecule has 2 aliphatic rings. The Bertz CT molecular complexity index is 865. The third kappa shape index (κ3) is 3.63. The van der Waals surface area contributed by atoms with Crippen molar-refractivity contribution in [3.63, 3.8) is 0 Å². The summed E-state index contributed by atoms with van der Waals surface area (Å²) in [7, 11) is 0. The van der Waals surface area contributed by atoms with E-state index in [0.29, 0.717) is 31.2 Å². The lowest BCUT2D eigenvalue weighted by Crippen LogP contribution is -2.57. The Hall–Kier alpha value is -2.96. The van der Waals surface area contributed by atoms with Gasteiger partial charge in [0.05, 0.1) is 19.0 Å². The fourth-order valence-electron chi connectivity index (χ4n) is 3.45. The molecule has 2 fully saturated rings. The van der Waals surface area contributed by atoms with Crippen LogP contribution in [-0.4, -0.2) is 47.4 Å². The highest BCUT2D eigenvalue weighted by Crippen LogP contribution is 2.28. The Morgan fingerprint density at radius 3 is 2.59 bits per heavy atom. The molecule has 2 amide bonds. The standard InChI is InChI=1S/C20H20FN3O3/c1-13-3-2-4-18(22-13)27-17-11-23(12-17)20(26)14-9-19(25)24(10-14)16-7-5-15(21)6-8-16/h2-8,14,17H,9-12H2,1H3. The predicted octanol–water partition coefficient (Wildman–Crippen LogP) is 2.17. The Balaban J connectivity index is 1.32. The van der Waals surface area contributed by atoms with Crippen molar-refractivity contribution in [1.29, 1.82) is 0 Å². The Kier molecular flexibility index (Phi) is 4.51. The summed E-state index contributed by atoms with van der Waals surface area (Å²) in [5.74, 6) is -0.318. The molecule has 6 nitrogen and oxygen atoms in total. The molecular weight excluding hydrogens is 349 g/mol. The fraction of sp³-hybridized carbons (Fsp3) is 0.350. The summed E-state index contributed by atoms with van der Waals surface area (Å²) in [6, 6.07) is 11.3. The van der Waals surface area contributed by atoms with E-state index in [4.69, 9.17) is 4.74 Å². The van der Waals surface area contributed by atoms with Gasteiger partial charge in [0.2, 0.25) is 17.7 Å². The largest absolute Gasteiger partial charge is 0.471 e. The van der Waals surface area contributed by atoms with Crippen LogP contribution in [0.3, 0.4) is 0 Å². The average Bonchev–Trinajstić information content (AvgIpc) is 3.00. The van der Waals surface area contributed by atoms with E-state index < -0.39 is 0 Å². The number of rotatable bonds is 4. The van der Waals surface area contributed by atoms with Gasteiger partial charge in [-0.3, -0.25) is 9.59 Å². The number of carbonyl (C=O) groups is 2. The number of halogens is 1. The number of likely N-dealkylation sites (tertiary alicyclic amines) is 1. The number of carbonyl (C=O) groups excluding carboxylic acids is 2. The van der Waals surface area contributed by atoms with Gasteiger partial charge in [-0.25, -0.2) is 9.37 Å². The van der Waals surface area contributed by atoms with E-state index in [9.17, 15) is 14.0 Å². The van der Waals surface area contributed by atoms with E-state index in [2.05, 4.69) is 4.98 Å². The Morgan fingerprint density at radius 1 is 1.15 bits per heavy atom. The highest BCUT2D eigenvalue weighted by molar-refractivity contribution is 6.00. The van der Waals surface area contributed by atoms with E-state index in [1.165, 1.54) is 12.1 Å². The lowest BCUT2D eigenvalue weighted by atomic mass is 10.0. The summed E-state index contributed by atoms with van der Waals surface area (Å²) in [4.78, 5) is 32.5. The minimum Gasteiger partial charge on any atom is -0.471 e. The second kappa shape index (κ2) is 6.98. The van der Waals surface area contributed by atoms with Gasteiger partial charge in [-0.1, -0.05) is 6.07 Å². The molecule has 0 radical (unpaired) electrons. The number of pyridine rings is 1. The normalized spacial score (nSPS) is 19.9. The molecule has 0 bridgehead atoms. The minimum absolute atomic E-state index is 0.0370. The van der Waals surface area contributed by atoms with Crippen molar-refractivity contribution in [2.45, 2.75) is 19.4 Å². The summed E-state index contributed by atoms with van der Waals surface area (Å²) in [5, 5.41) is 0. The predicted molar refractivity (Wildman–Crippen MR) is 96.8 cm³/mol. The van der Waals surface area contributed by atoms with Gasteiger partial charge in [0.1, 0.15) is 11.9 Å². The van der Waals surface area contributed by atoms with Crippen molar-refractivity contribution in [2.75, 3.05) is 24.5 Å². The zero-order chi connectivity index (χ0) is 19.0. The number of anilines is 1. The summed E-state index contributed by atoms with van der Waals surface area (Å²) in [6.07, 6.45) is 0.103. The average molecular weight is 369 g/mol. The van der Waals surface area contributed by atoms with Crippen molar-refractivity contribution in [2.24, 2.45) is 5.92 Å². The van der Waals surface area contributed by atoms with Crippen LogP contribution < -0.4 is 9.64 Å². The van der Waals surface area contributed by atoms with Crippen molar-refractivity contribution in [3.8, 4) is 5.88 Å². The van der Waals surface area contributed by atoms with E-state index in [1.807, 2.05) is 19.1 Å². The summed E-state index contributed by atoms with van der Waals surface area (Å²) < 4.78 is 18.8. The highest BCUT2D eigenvalue weighted by Gasteiger charge is 2.41. The van der Waals surface area contributed by atoms with Crippen molar-refractivity contribution in [3.05, 3.63) is 54.0 Å². The van der Waals surface area contributed by atoms with Crippen LogP contribution in [0.4, 0.5) is 10.1 Å². The van der Waals surface area contributed by atoms with Crippen LogP contribution in [0.5, 0.6) is 5.88 Å². The van der Waals surface area contributed by atoms with Gasteiger partial charge in [-0.2, -0.15) is 0 Å². The molecule has 1 aromatic carbocycles. The molecule has 0 spiro atoms. The molecule has 4 rings (SSSR count). The quantitative estimate of drug-likeness (QED) is 0.829. The van der Waals surface area contributed by atoms with Crippen LogP contribution in [0, 0.1) is 18.7 Å². The van der Waals surface area contributed by atoms with Gasteiger partial charge in [-0.05, 0) is 37.3 Å². The lowest BCUT2D eigenvalue weighted by Gasteiger charge is -2.39. The van der Waals surface area contributed by atoms with Gasteiger partial charge in [0.15, 0.2) is 0 Å². The summed E-state index contributed by atoms with van der Waals surface area (Å²) in [6.45, 7) is 3.21. The number of hydrogen-bond acceptors (Lipinski definition) is 4. The first kappa shape index (κ1) is 17.5. The van der Waals surface area contributed by atoms with Crippen molar-refractivity contribution < 1.29 is 18.7 Å². The summed E-state index contributed by atoms with van der Waals surface area (Å²) >= 11 is 0. The van der Waals surface area contributed by atoms with Crippen LogP contribution in [0.2, 0.25) is 0 Å². The van der Waals surface area contributed by atoms with E-state index >= 15 is 0 Å². The molecule has 27 heavy (non-hydrogen) atoms. The number of aryl methyl sites for hydroxylation is 1. The van der Waals surface area contributed by atoms with Gasteiger partial charge in [0, 0.05) is 30.4 Å². The molecule has 0 N–H and O–H groups in total. The van der Waals surface area contributed by atoms with Gasteiger partial charge in [0.25, 0.3) is 0 Å². The molecule has 0 saturated carbocycles. The maximum atomic E-state index is 13.1. The molecule has 1 atom stereocenters. The van der Waals surface area contributed by atoms with Gasteiger partial charge >= 0.3 is 0 Å². The number of nitrogens with zero attached hydrogens (tertiary/aromatic N) is 3. The zero-order valence-corrected chi connectivity index (χ0v) is 15.0. The minimum atomic E-state index is -0.374. The first-order chi connectivity index (χ1) is 13.0. The van der Waals surface area contributed by atoms with E-state index in [-0.39, 0.29) is 36.1 Å². The second-order valence-corrected chi connectivity index (χ2v) is 6.98. The topological polar surface area (TPSA) is 62.7 Å². The molecule has 2 aliphatic heterocycles. The Morgan fingerprint density at radius 2 is 1.89 bits per heavy atom. The molecule has 0 aliphatic carbocycles. The van der Waals surface area contributed by atoms with Gasteiger partial charge < -0.3 is 14.5 Å².